The van der Waals surface area contributed by atoms with E-state index in [4.69, 9.17) is 0 Å². The van der Waals surface area contributed by atoms with Gasteiger partial charge < -0.3 is 4.79 Å². The fourth-order valence-corrected chi connectivity index (χ4v) is 1.51. The molecule has 14 heavy (non-hydrogen) atoms. The van der Waals surface area contributed by atoms with Crippen molar-refractivity contribution in [2.75, 3.05) is 0 Å². The van der Waals surface area contributed by atoms with Crippen LogP contribution in [0.3, 0.4) is 0 Å². The quantitative estimate of drug-likeness (QED) is 0.464. The van der Waals surface area contributed by atoms with E-state index in [0.717, 1.165) is 19.1 Å². The van der Waals surface area contributed by atoms with Crippen molar-refractivity contribution in [2.24, 2.45) is 0 Å². The fourth-order valence-electron chi connectivity index (χ4n) is 1.51. The van der Waals surface area contributed by atoms with Gasteiger partial charge in [0.15, 0.2) is 0 Å². The molecule has 0 spiro atoms. The number of aryl methyl sites for hydroxylation is 3. The van der Waals surface area contributed by atoms with Gasteiger partial charge in [-0.05, 0) is 6.42 Å². The van der Waals surface area contributed by atoms with E-state index in [1.54, 1.807) is 0 Å². The summed E-state index contributed by atoms with van der Waals surface area (Å²) in [7, 11) is 0. The molecule has 0 saturated heterocycles. The van der Waals surface area contributed by atoms with Crippen LogP contribution < -0.4 is 0 Å². The summed E-state index contributed by atoms with van der Waals surface area (Å²) in [6.45, 7) is 4.10. The molecule has 2 heteroatoms. The summed E-state index contributed by atoms with van der Waals surface area (Å²) in [5, 5.41) is 0. The molecule has 0 aromatic heterocycles. The first-order valence-corrected chi connectivity index (χ1v) is 4.65. The zero-order valence-corrected chi connectivity index (χ0v) is 11.7. The SMILES string of the molecule is Cc1[c-]c(C)cc(CCCC=O)c1.[Y+3]. The standard InChI is InChI=1S/C12H15O.Y/c1-10-7-11(2)9-12(8-10)5-3-4-6-13;/h6,8-9H,3-5H2,1-2H3;/q-1;+3. The van der Waals surface area contributed by atoms with E-state index >= 15 is 0 Å². The molecule has 0 unspecified atom stereocenters. The molecule has 0 saturated carbocycles. The molecule has 0 fully saturated rings. The molecule has 70 valence electrons. The molecule has 1 aromatic rings. The molecule has 0 N–H and O–H groups in total. The molecule has 0 atom stereocenters. The maximum atomic E-state index is 10.1. The van der Waals surface area contributed by atoms with Crippen LogP contribution in [-0.2, 0) is 43.9 Å². The number of hydrogen-bond donors (Lipinski definition) is 0. The Hall–Kier alpha value is -0.00610. The number of hydrogen-bond acceptors (Lipinski definition) is 1. The molecular weight excluding hydrogens is 249 g/mol. The largest absolute Gasteiger partial charge is 3.00 e. The zero-order chi connectivity index (χ0) is 9.68. The number of benzene rings is 1. The van der Waals surface area contributed by atoms with Crippen molar-refractivity contribution < 1.29 is 37.5 Å². The zero-order valence-electron chi connectivity index (χ0n) is 8.84. The van der Waals surface area contributed by atoms with E-state index < -0.39 is 0 Å². The van der Waals surface area contributed by atoms with E-state index in [0.29, 0.717) is 6.42 Å². The van der Waals surface area contributed by atoms with Crippen molar-refractivity contribution in [3.05, 3.63) is 34.9 Å². The van der Waals surface area contributed by atoms with E-state index in [9.17, 15) is 4.79 Å². The molecule has 1 rings (SSSR count). The second-order valence-corrected chi connectivity index (χ2v) is 3.41. The van der Waals surface area contributed by atoms with E-state index in [2.05, 4.69) is 32.0 Å². The number of unbranched alkanes of at least 4 members (excludes halogenated alkanes) is 1. The van der Waals surface area contributed by atoms with Gasteiger partial charge in [0.2, 0.25) is 0 Å². The first kappa shape index (κ1) is 14.0. The van der Waals surface area contributed by atoms with Crippen LogP contribution in [0.4, 0.5) is 0 Å². The second kappa shape index (κ2) is 7.31. The maximum absolute atomic E-state index is 10.1. The summed E-state index contributed by atoms with van der Waals surface area (Å²) < 4.78 is 0. The summed E-state index contributed by atoms with van der Waals surface area (Å²) in [6.07, 6.45) is 3.59. The molecule has 0 bridgehead atoms. The van der Waals surface area contributed by atoms with Gasteiger partial charge in [-0.1, -0.05) is 20.3 Å². The number of carbonyl (C=O) groups excluding carboxylic acids is 1. The van der Waals surface area contributed by atoms with Crippen LogP contribution >= 0.6 is 0 Å². The molecular formula is C12H15OY+2. The summed E-state index contributed by atoms with van der Waals surface area (Å²) in [6, 6.07) is 7.50. The van der Waals surface area contributed by atoms with Crippen molar-refractivity contribution >= 4 is 6.29 Å². The Balaban J connectivity index is 0.00000169. The van der Waals surface area contributed by atoms with Gasteiger partial charge in [0.1, 0.15) is 6.29 Å². The van der Waals surface area contributed by atoms with Crippen molar-refractivity contribution in [2.45, 2.75) is 33.1 Å². The van der Waals surface area contributed by atoms with Crippen LogP contribution in [0.25, 0.3) is 0 Å². The van der Waals surface area contributed by atoms with Gasteiger partial charge in [-0.3, -0.25) is 0 Å². The van der Waals surface area contributed by atoms with Crippen LogP contribution in [0.5, 0.6) is 0 Å². The topological polar surface area (TPSA) is 17.1 Å². The van der Waals surface area contributed by atoms with Gasteiger partial charge in [0.05, 0.1) is 0 Å². The van der Waals surface area contributed by atoms with E-state index in [-0.39, 0.29) is 32.7 Å². The van der Waals surface area contributed by atoms with Gasteiger partial charge in [-0.25, -0.2) is 0 Å². The van der Waals surface area contributed by atoms with Gasteiger partial charge in [-0.2, -0.15) is 34.9 Å². The normalized spacial score (nSPS) is 9.29. The molecule has 0 aliphatic heterocycles. The molecule has 0 aliphatic carbocycles. The minimum Gasteiger partial charge on any atom is -0.303 e. The minimum atomic E-state index is 0. The van der Waals surface area contributed by atoms with Crippen LogP contribution in [0, 0.1) is 19.9 Å². The summed E-state index contributed by atoms with van der Waals surface area (Å²) in [5.74, 6) is 0. The van der Waals surface area contributed by atoms with Gasteiger partial charge >= 0.3 is 32.7 Å². The summed E-state index contributed by atoms with van der Waals surface area (Å²) >= 11 is 0. The molecule has 0 heterocycles. The van der Waals surface area contributed by atoms with Crippen LogP contribution in [0.2, 0.25) is 0 Å². The first-order valence-electron chi connectivity index (χ1n) is 4.65. The Kier molecular flexibility index (Phi) is 7.30. The summed E-state index contributed by atoms with van der Waals surface area (Å²) in [4.78, 5) is 10.1. The van der Waals surface area contributed by atoms with Crippen molar-refractivity contribution in [1.29, 1.82) is 0 Å². The second-order valence-electron chi connectivity index (χ2n) is 3.41. The molecule has 0 radical (unpaired) electrons. The maximum Gasteiger partial charge on any atom is 3.00 e. The third-order valence-corrected chi connectivity index (χ3v) is 1.99. The number of carbonyl (C=O) groups is 1. The van der Waals surface area contributed by atoms with Gasteiger partial charge in [-0.15, -0.1) is 0 Å². The Morgan fingerprint density at radius 3 is 2.36 bits per heavy atom. The molecule has 0 amide bonds. The Bertz CT molecular complexity index is 274. The van der Waals surface area contributed by atoms with Crippen molar-refractivity contribution in [3.63, 3.8) is 0 Å². The average molecular weight is 264 g/mol. The van der Waals surface area contributed by atoms with Crippen LogP contribution in [0.1, 0.15) is 29.5 Å². The van der Waals surface area contributed by atoms with E-state index in [1.807, 2.05) is 0 Å². The monoisotopic (exact) mass is 264 g/mol. The van der Waals surface area contributed by atoms with Crippen LogP contribution in [0.15, 0.2) is 12.1 Å². The Morgan fingerprint density at radius 1 is 1.29 bits per heavy atom. The molecule has 1 aromatic carbocycles. The Labute approximate surface area is 111 Å². The third kappa shape index (κ3) is 5.02. The average Bonchev–Trinajstić information content (AvgIpc) is 2.03. The number of aldehydes is 1. The van der Waals surface area contributed by atoms with Gasteiger partial charge in [0.25, 0.3) is 0 Å². The Morgan fingerprint density at radius 2 is 1.86 bits per heavy atom. The molecule has 0 aliphatic rings. The molecule has 1 nitrogen and oxygen atoms in total. The van der Waals surface area contributed by atoms with Gasteiger partial charge in [0, 0.05) is 6.42 Å². The predicted octanol–water partition coefficient (Wildman–Crippen LogP) is 2.62. The first-order chi connectivity index (χ1) is 6.22. The van der Waals surface area contributed by atoms with Crippen LogP contribution in [-0.4, -0.2) is 6.29 Å². The van der Waals surface area contributed by atoms with E-state index in [1.165, 1.54) is 16.7 Å². The number of rotatable bonds is 4. The smallest absolute Gasteiger partial charge is 0.303 e. The summed E-state index contributed by atoms with van der Waals surface area (Å²) in [5.41, 5.74) is 3.68. The van der Waals surface area contributed by atoms with Crippen molar-refractivity contribution in [3.8, 4) is 0 Å². The fraction of sp³-hybridized carbons (Fsp3) is 0.417. The van der Waals surface area contributed by atoms with Crippen molar-refractivity contribution in [1.82, 2.24) is 0 Å². The predicted molar refractivity (Wildman–Crippen MR) is 53.8 cm³/mol. The minimum absolute atomic E-state index is 0. The third-order valence-electron chi connectivity index (χ3n) is 1.99.